The zero-order valence-corrected chi connectivity index (χ0v) is 13.3. The first-order chi connectivity index (χ1) is 10.3. The highest BCUT2D eigenvalue weighted by atomic mass is 16.3. The van der Waals surface area contributed by atoms with Crippen molar-refractivity contribution in [3.05, 3.63) is 24.2 Å². The highest BCUT2D eigenvalue weighted by Crippen LogP contribution is 2.24. The maximum absolute atomic E-state index is 5.35. The lowest BCUT2D eigenvalue weighted by atomic mass is 10.1. The predicted octanol–water partition coefficient (Wildman–Crippen LogP) is 2.32. The Kier molecular flexibility index (Phi) is 5.33. The molecular formula is C17H29N3O. The molecule has 0 aromatic carbocycles. The molecule has 2 fully saturated rings. The van der Waals surface area contributed by atoms with Gasteiger partial charge in [0.05, 0.1) is 12.8 Å². The highest BCUT2D eigenvalue weighted by molar-refractivity contribution is 4.97. The normalized spacial score (nSPS) is 23.7. The zero-order chi connectivity index (χ0) is 14.5. The zero-order valence-electron chi connectivity index (χ0n) is 13.3. The SMILES string of the molecule is CC(CNCc1ccco1)N1CCN(C2CCCC2)CC1. The lowest BCUT2D eigenvalue weighted by molar-refractivity contribution is 0.0748. The number of nitrogens with one attached hydrogen (secondary N) is 1. The maximum Gasteiger partial charge on any atom is 0.117 e. The van der Waals surface area contributed by atoms with E-state index in [-0.39, 0.29) is 0 Å². The average Bonchev–Trinajstić information content (AvgIpc) is 3.21. The first-order valence-electron chi connectivity index (χ1n) is 8.54. The predicted molar refractivity (Wildman–Crippen MR) is 85.3 cm³/mol. The molecule has 1 N–H and O–H groups in total. The third kappa shape index (κ3) is 4.09. The summed E-state index contributed by atoms with van der Waals surface area (Å²) in [5, 5.41) is 3.50. The van der Waals surface area contributed by atoms with Gasteiger partial charge in [0.15, 0.2) is 0 Å². The van der Waals surface area contributed by atoms with Crippen LogP contribution in [0.3, 0.4) is 0 Å². The van der Waals surface area contributed by atoms with Gasteiger partial charge in [-0.3, -0.25) is 9.80 Å². The molecule has 1 aromatic rings. The van der Waals surface area contributed by atoms with E-state index < -0.39 is 0 Å². The van der Waals surface area contributed by atoms with E-state index in [9.17, 15) is 0 Å². The van der Waals surface area contributed by atoms with Crippen molar-refractivity contribution < 1.29 is 4.42 Å². The van der Waals surface area contributed by atoms with E-state index in [0.29, 0.717) is 6.04 Å². The van der Waals surface area contributed by atoms with E-state index in [0.717, 1.165) is 24.9 Å². The van der Waals surface area contributed by atoms with Gasteiger partial charge in [-0.05, 0) is 31.9 Å². The van der Waals surface area contributed by atoms with Gasteiger partial charge in [0.2, 0.25) is 0 Å². The molecule has 1 unspecified atom stereocenters. The van der Waals surface area contributed by atoms with E-state index in [1.807, 2.05) is 12.1 Å². The fourth-order valence-electron chi connectivity index (χ4n) is 3.76. The molecule has 0 amide bonds. The second-order valence-electron chi connectivity index (χ2n) is 6.57. The molecule has 2 aliphatic rings. The molecule has 0 radical (unpaired) electrons. The van der Waals surface area contributed by atoms with Crippen molar-refractivity contribution in [2.45, 2.75) is 51.2 Å². The Morgan fingerprint density at radius 1 is 1.24 bits per heavy atom. The van der Waals surface area contributed by atoms with E-state index in [1.165, 1.54) is 51.9 Å². The van der Waals surface area contributed by atoms with Gasteiger partial charge in [-0.15, -0.1) is 0 Å². The topological polar surface area (TPSA) is 31.7 Å². The summed E-state index contributed by atoms with van der Waals surface area (Å²) < 4.78 is 5.35. The monoisotopic (exact) mass is 291 g/mol. The summed E-state index contributed by atoms with van der Waals surface area (Å²) in [5.74, 6) is 1.02. The van der Waals surface area contributed by atoms with Crippen molar-refractivity contribution in [3.63, 3.8) is 0 Å². The van der Waals surface area contributed by atoms with Crippen molar-refractivity contribution in [3.8, 4) is 0 Å². The molecule has 4 heteroatoms. The van der Waals surface area contributed by atoms with Gasteiger partial charge >= 0.3 is 0 Å². The molecule has 1 aliphatic carbocycles. The average molecular weight is 291 g/mol. The van der Waals surface area contributed by atoms with Crippen LogP contribution in [0.25, 0.3) is 0 Å². The van der Waals surface area contributed by atoms with Crippen LogP contribution in [0.5, 0.6) is 0 Å². The molecule has 0 bridgehead atoms. The first kappa shape index (κ1) is 15.1. The van der Waals surface area contributed by atoms with Crippen LogP contribution in [-0.2, 0) is 6.54 Å². The van der Waals surface area contributed by atoms with Crippen molar-refractivity contribution in [1.82, 2.24) is 15.1 Å². The van der Waals surface area contributed by atoms with Crippen molar-refractivity contribution in [1.29, 1.82) is 0 Å². The van der Waals surface area contributed by atoms with Crippen LogP contribution in [0.2, 0.25) is 0 Å². The first-order valence-corrected chi connectivity index (χ1v) is 8.54. The number of rotatable bonds is 6. The highest BCUT2D eigenvalue weighted by Gasteiger charge is 2.27. The van der Waals surface area contributed by atoms with Gasteiger partial charge in [0.1, 0.15) is 5.76 Å². The molecule has 0 spiro atoms. The summed E-state index contributed by atoms with van der Waals surface area (Å²) in [6.45, 7) is 9.16. The summed E-state index contributed by atoms with van der Waals surface area (Å²) in [6, 6.07) is 5.46. The van der Waals surface area contributed by atoms with E-state index in [1.54, 1.807) is 6.26 Å². The molecular weight excluding hydrogens is 262 g/mol. The maximum atomic E-state index is 5.35. The summed E-state index contributed by atoms with van der Waals surface area (Å²) in [4.78, 5) is 5.35. The van der Waals surface area contributed by atoms with Crippen molar-refractivity contribution in [2.75, 3.05) is 32.7 Å². The van der Waals surface area contributed by atoms with Gasteiger partial charge in [0.25, 0.3) is 0 Å². The van der Waals surface area contributed by atoms with Crippen LogP contribution in [-0.4, -0.2) is 54.6 Å². The Balaban J connectivity index is 1.35. The summed E-state index contributed by atoms with van der Waals surface area (Å²) in [6.07, 6.45) is 7.49. The fraction of sp³-hybridized carbons (Fsp3) is 0.765. The van der Waals surface area contributed by atoms with Gasteiger partial charge in [-0.25, -0.2) is 0 Å². The van der Waals surface area contributed by atoms with E-state index in [2.05, 4.69) is 22.0 Å². The van der Waals surface area contributed by atoms with Crippen LogP contribution in [0.1, 0.15) is 38.4 Å². The molecule has 1 aromatic heterocycles. The smallest absolute Gasteiger partial charge is 0.117 e. The molecule has 1 atom stereocenters. The Morgan fingerprint density at radius 2 is 2.00 bits per heavy atom. The second-order valence-corrected chi connectivity index (χ2v) is 6.57. The summed E-state index contributed by atoms with van der Waals surface area (Å²) >= 11 is 0. The van der Waals surface area contributed by atoms with E-state index >= 15 is 0 Å². The molecule has 3 rings (SSSR count). The Morgan fingerprint density at radius 3 is 2.67 bits per heavy atom. The van der Waals surface area contributed by atoms with Crippen LogP contribution >= 0.6 is 0 Å². The molecule has 4 nitrogen and oxygen atoms in total. The summed E-state index contributed by atoms with van der Waals surface area (Å²) in [5.41, 5.74) is 0. The number of piperazine rings is 1. The fourth-order valence-corrected chi connectivity index (χ4v) is 3.76. The Bertz CT molecular complexity index is 392. The quantitative estimate of drug-likeness (QED) is 0.871. The van der Waals surface area contributed by atoms with Crippen LogP contribution in [0.15, 0.2) is 22.8 Å². The Labute approximate surface area is 128 Å². The van der Waals surface area contributed by atoms with Gasteiger partial charge in [0, 0.05) is 44.8 Å². The second kappa shape index (κ2) is 7.43. The number of nitrogens with zero attached hydrogens (tertiary/aromatic N) is 2. The molecule has 1 saturated heterocycles. The van der Waals surface area contributed by atoms with Crippen molar-refractivity contribution in [2.24, 2.45) is 0 Å². The third-order valence-electron chi connectivity index (χ3n) is 5.13. The van der Waals surface area contributed by atoms with Crippen LogP contribution in [0.4, 0.5) is 0 Å². The lowest BCUT2D eigenvalue weighted by Crippen LogP contribution is -2.53. The van der Waals surface area contributed by atoms with Crippen LogP contribution < -0.4 is 5.32 Å². The number of furan rings is 1. The molecule has 1 saturated carbocycles. The molecule has 2 heterocycles. The summed E-state index contributed by atoms with van der Waals surface area (Å²) in [7, 11) is 0. The lowest BCUT2D eigenvalue weighted by Gasteiger charge is -2.40. The molecule has 21 heavy (non-hydrogen) atoms. The third-order valence-corrected chi connectivity index (χ3v) is 5.13. The molecule has 118 valence electrons. The number of hydrogen-bond acceptors (Lipinski definition) is 4. The minimum Gasteiger partial charge on any atom is -0.468 e. The van der Waals surface area contributed by atoms with Crippen LogP contribution in [0, 0.1) is 0 Å². The van der Waals surface area contributed by atoms with Gasteiger partial charge < -0.3 is 9.73 Å². The molecule has 1 aliphatic heterocycles. The minimum absolute atomic E-state index is 0.602. The largest absolute Gasteiger partial charge is 0.468 e. The van der Waals surface area contributed by atoms with E-state index in [4.69, 9.17) is 4.42 Å². The number of hydrogen-bond donors (Lipinski definition) is 1. The van der Waals surface area contributed by atoms with Gasteiger partial charge in [-0.2, -0.15) is 0 Å². The van der Waals surface area contributed by atoms with Crippen molar-refractivity contribution >= 4 is 0 Å². The Hall–Kier alpha value is -0.840. The standard InChI is InChI=1S/C17H29N3O/c1-15(13-18-14-17-7-4-12-21-17)19-8-10-20(11-9-19)16-5-2-3-6-16/h4,7,12,15-16,18H,2-3,5-6,8-11,13-14H2,1H3. The van der Waals surface area contributed by atoms with Gasteiger partial charge in [-0.1, -0.05) is 12.8 Å². The minimum atomic E-state index is 0.602.